The number of anilines is 1. The SMILES string of the molecule is COc1ccc(CNC(=O)c2nnc(C(=O)Nc3cccc(Cl)c3)s2)c(OC)c1. The average molecular weight is 433 g/mol. The molecule has 0 unspecified atom stereocenters. The zero-order chi connectivity index (χ0) is 20.8. The van der Waals surface area contributed by atoms with Gasteiger partial charge in [0, 0.05) is 28.9 Å². The highest BCUT2D eigenvalue weighted by Gasteiger charge is 2.18. The zero-order valence-corrected chi connectivity index (χ0v) is 17.1. The van der Waals surface area contributed by atoms with E-state index in [1.54, 1.807) is 49.6 Å². The van der Waals surface area contributed by atoms with Crippen LogP contribution >= 0.6 is 22.9 Å². The summed E-state index contributed by atoms with van der Waals surface area (Å²) < 4.78 is 10.5. The first-order chi connectivity index (χ1) is 14.0. The van der Waals surface area contributed by atoms with E-state index in [9.17, 15) is 9.59 Å². The van der Waals surface area contributed by atoms with Crippen LogP contribution in [0.3, 0.4) is 0 Å². The Balaban J connectivity index is 1.63. The predicted molar refractivity (Wildman–Crippen MR) is 110 cm³/mol. The largest absolute Gasteiger partial charge is 0.497 e. The van der Waals surface area contributed by atoms with Crippen LogP contribution < -0.4 is 20.1 Å². The molecule has 8 nitrogen and oxygen atoms in total. The minimum atomic E-state index is -0.472. The van der Waals surface area contributed by atoms with Gasteiger partial charge < -0.3 is 20.1 Å². The van der Waals surface area contributed by atoms with Crippen LogP contribution in [0.25, 0.3) is 0 Å². The van der Waals surface area contributed by atoms with Gasteiger partial charge in [0.1, 0.15) is 11.5 Å². The van der Waals surface area contributed by atoms with Gasteiger partial charge in [0.25, 0.3) is 11.8 Å². The first kappa shape index (κ1) is 20.6. The van der Waals surface area contributed by atoms with Gasteiger partial charge in [-0.3, -0.25) is 9.59 Å². The van der Waals surface area contributed by atoms with E-state index in [1.165, 1.54) is 7.11 Å². The molecule has 0 fully saturated rings. The third-order valence-corrected chi connectivity index (χ3v) is 4.99. The van der Waals surface area contributed by atoms with E-state index in [4.69, 9.17) is 21.1 Å². The molecule has 3 rings (SSSR count). The van der Waals surface area contributed by atoms with Crippen LogP contribution in [-0.4, -0.2) is 36.2 Å². The van der Waals surface area contributed by atoms with E-state index in [0.29, 0.717) is 22.2 Å². The minimum Gasteiger partial charge on any atom is -0.497 e. The summed E-state index contributed by atoms with van der Waals surface area (Å²) in [6.07, 6.45) is 0. The Labute approximate surface area is 175 Å². The highest BCUT2D eigenvalue weighted by molar-refractivity contribution is 7.15. The summed E-state index contributed by atoms with van der Waals surface area (Å²) in [5, 5.41) is 13.6. The fraction of sp³-hybridized carbons (Fsp3) is 0.158. The van der Waals surface area contributed by atoms with Crippen molar-refractivity contribution < 1.29 is 19.1 Å². The summed E-state index contributed by atoms with van der Waals surface area (Å²) in [5.74, 6) is 0.322. The number of nitrogens with one attached hydrogen (secondary N) is 2. The number of rotatable bonds is 7. The van der Waals surface area contributed by atoms with Crippen molar-refractivity contribution in [1.82, 2.24) is 15.5 Å². The normalized spacial score (nSPS) is 10.3. The lowest BCUT2D eigenvalue weighted by molar-refractivity contribution is 0.0948. The number of hydrogen-bond donors (Lipinski definition) is 2. The summed E-state index contributed by atoms with van der Waals surface area (Å²) in [6.45, 7) is 0.218. The number of nitrogens with zero attached hydrogens (tertiary/aromatic N) is 2. The van der Waals surface area contributed by atoms with Gasteiger partial charge in [-0.05, 0) is 30.3 Å². The summed E-state index contributed by atoms with van der Waals surface area (Å²) in [7, 11) is 3.10. The zero-order valence-electron chi connectivity index (χ0n) is 15.6. The van der Waals surface area contributed by atoms with Crippen LogP contribution in [-0.2, 0) is 6.54 Å². The number of carbonyl (C=O) groups is 2. The molecule has 0 aliphatic heterocycles. The van der Waals surface area contributed by atoms with Gasteiger partial charge in [-0.15, -0.1) is 10.2 Å². The summed E-state index contributed by atoms with van der Waals surface area (Å²) in [5.41, 5.74) is 1.29. The molecule has 2 N–H and O–H groups in total. The van der Waals surface area contributed by atoms with Crippen molar-refractivity contribution in [2.24, 2.45) is 0 Å². The van der Waals surface area contributed by atoms with Crippen molar-refractivity contribution in [2.75, 3.05) is 19.5 Å². The van der Waals surface area contributed by atoms with E-state index in [0.717, 1.165) is 16.9 Å². The van der Waals surface area contributed by atoms with Gasteiger partial charge in [0.05, 0.1) is 14.2 Å². The van der Waals surface area contributed by atoms with Crippen LogP contribution in [0.15, 0.2) is 42.5 Å². The molecule has 3 aromatic rings. The molecule has 0 saturated carbocycles. The predicted octanol–water partition coefficient (Wildman–Crippen LogP) is 3.39. The molecular formula is C19H17ClN4O4S. The first-order valence-electron chi connectivity index (χ1n) is 8.39. The molecule has 0 spiro atoms. The number of aromatic nitrogens is 2. The maximum absolute atomic E-state index is 12.4. The molecule has 0 atom stereocenters. The van der Waals surface area contributed by atoms with Crippen LogP contribution in [0.4, 0.5) is 5.69 Å². The van der Waals surface area contributed by atoms with Crippen molar-refractivity contribution in [1.29, 1.82) is 0 Å². The maximum Gasteiger partial charge on any atom is 0.286 e. The molecule has 0 radical (unpaired) electrons. The number of methoxy groups -OCH3 is 2. The third-order valence-electron chi connectivity index (χ3n) is 3.83. The molecule has 29 heavy (non-hydrogen) atoms. The summed E-state index contributed by atoms with van der Waals surface area (Å²) >= 11 is 6.79. The minimum absolute atomic E-state index is 0.0668. The number of benzene rings is 2. The Kier molecular flexibility index (Phi) is 6.63. The topological polar surface area (TPSA) is 102 Å². The van der Waals surface area contributed by atoms with Crippen molar-refractivity contribution in [3.8, 4) is 11.5 Å². The molecule has 150 valence electrons. The average Bonchev–Trinajstić information content (AvgIpc) is 3.22. The Morgan fingerprint density at radius 3 is 2.48 bits per heavy atom. The molecule has 0 saturated heterocycles. The molecule has 2 amide bonds. The Bertz CT molecular complexity index is 1040. The third kappa shape index (κ3) is 5.21. The molecule has 1 aromatic heterocycles. The second-order valence-corrected chi connectivity index (χ2v) is 7.15. The van der Waals surface area contributed by atoms with E-state index in [1.807, 2.05) is 0 Å². The van der Waals surface area contributed by atoms with Gasteiger partial charge in [-0.2, -0.15) is 0 Å². The highest BCUT2D eigenvalue weighted by Crippen LogP contribution is 2.24. The maximum atomic E-state index is 12.4. The summed E-state index contributed by atoms with van der Waals surface area (Å²) in [6, 6.07) is 12.0. The van der Waals surface area contributed by atoms with Crippen LogP contribution in [0.2, 0.25) is 5.02 Å². The lowest BCUT2D eigenvalue weighted by Crippen LogP contribution is -2.23. The molecule has 0 aliphatic carbocycles. The fourth-order valence-electron chi connectivity index (χ4n) is 2.41. The van der Waals surface area contributed by atoms with Gasteiger partial charge in [0.15, 0.2) is 0 Å². The molecule has 0 aliphatic rings. The number of halogens is 1. The van der Waals surface area contributed by atoms with Gasteiger partial charge in [0.2, 0.25) is 10.0 Å². The van der Waals surface area contributed by atoms with Crippen molar-refractivity contribution in [3.63, 3.8) is 0 Å². The Morgan fingerprint density at radius 1 is 1.03 bits per heavy atom. The Hall–Kier alpha value is -3.17. The van der Waals surface area contributed by atoms with E-state index in [-0.39, 0.29) is 16.6 Å². The molecule has 2 aromatic carbocycles. The van der Waals surface area contributed by atoms with E-state index >= 15 is 0 Å². The van der Waals surface area contributed by atoms with Gasteiger partial charge >= 0.3 is 0 Å². The van der Waals surface area contributed by atoms with Crippen molar-refractivity contribution >= 4 is 40.4 Å². The van der Waals surface area contributed by atoms with Gasteiger partial charge in [-0.25, -0.2) is 0 Å². The van der Waals surface area contributed by atoms with Crippen LogP contribution in [0.5, 0.6) is 11.5 Å². The highest BCUT2D eigenvalue weighted by atomic mass is 35.5. The van der Waals surface area contributed by atoms with E-state index < -0.39 is 11.8 Å². The molecule has 10 heteroatoms. The second-order valence-electron chi connectivity index (χ2n) is 5.74. The fourth-order valence-corrected chi connectivity index (χ4v) is 3.25. The number of hydrogen-bond acceptors (Lipinski definition) is 7. The quantitative estimate of drug-likeness (QED) is 0.593. The van der Waals surface area contributed by atoms with Crippen molar-refractivity contribution in [2.45, 2.75) is 6.54 Å². The standard InChI is InChI=1S/C19H17ClN4O4S/c1-27-14-7-6-11(15(9-14)28-2)10-21-16(25)18-23-24-19(29-18)17(26)22-13-5-3-4-12(20)8-13/h3-9H,10H2,1-2H3,(H,21,25)(H,22,26). The second kappa shape index (κ2) is 9.35. The number of carbonyl (C=O) groups excluding carboxylic acids is 2. The summed E-state index contributed by atoms with van der Waals surface area (Å²) in [4.78, 5) is 24.6. The Morgan fingerprint density at radius 2 is 1.79 bits per heavy atom. The number of ether oxygens (including phenoxy) is 2. The molecular weight excluding hydrogens is 416 g/mol. The number of amides is 2. The van der Waals surface area contributed by atoms with Gasteiger partial charge in [-0.1, -0.05) is 29.0 Å². The van der Waals surface area contributed by atoms with Crippen LogP contribution in [0, 0.1) is 0 Å². The smallest absolute Gasteiger partial charge is 0.286 e. The monoisotopic (exact) mass is 432 g/mol. The van der Waals surface area contributed by atoms with E-state index in [2.05, 4.69) is 20.8 Å². The van der Waals surface area contributed by atoms with Crippen LogP contribution in [0.1, 0.15) is 25.2 Å². The lowest BCUT2D eigenvalue weighted by atomic mass is 10.2. The molecule has 0 bridgehead atoms. The lowest BCUT2D eigenvalue weighted by Gasteiger charge is -2.10. The van der Waals surface area contributed by atoms with Crippen molar-refractivity contribution in [3.05, 3.63) is 63.1 Å². The molecule has 1 heterocycles. The first-order valence-corrected chi connectivity index (χ1v) is 9.59.